The number of hydrogen-bond donors (Lipinski definition) is 4. The number of phenols is 2. The van der Waals surface area contributed by atoms with Gasteiger partial charge < -0.3 is 30.1 Å². The third-order valence-corrected chi connectivity index (χ3v) is 9.94. The van der Waals surface area contributed by atoms with Gasteiger partial charge in [0.15, 0.2) is 17.3 Å². The number of aromatic hydroxyl groups is 2. The molecule has 1 amide bonds. The zero-order valence-electron chi connectivity index (χ0n) is 22.7. The number of esters is 1. The van der Waals surface area contributed by atoms with E-state index >= 15 is 0 Å². The van der Waals surface area contributed by atoms with Crippen LogP contribution < -0.4 is 0 Å². The number of ether oxygens (including phenoxy) is 1. The Bertz CT molecular complexity index is 1080. The summed E-state index contributed by atoms with van der Waals surface area (Å²) in [5.41, 5.74) is 0.418. The number of aliphatic hydroxyl groups excluding tert-OH is 2. The highest BCUT2D eigenvalue weighted by atomic mass is 16.5. The van der Waals surface area contributed by atoms with Gasteiger partial charge in [0, 0.05) is 24.8 Å². The molecule has 9 heteroatoms. The molecule has 9 nitrogen and oxygen atoms in total. The lowest BCUT2D eigenvalue weighted by atomic mass is 9.70. The molecular formula is C29H41NO8. The molecule has 0 radical (unpaired) electrons. The van der Waals surface area contributed by atoms with Gasteiger partial charge in [0.1, 0.15) is 18.2 Å². The van der Waals surface area contributed by atoms with Crippen molar-refractivity contribution in [3.05, 3.63) is 23.8 Å². The number of carbonyl (C=O) groups excluding carboxylic acids is 3. The average molecular weight is 532 g/mol. The van der Waals surface area contributed by atoms with E-state index in [0.29, 0.717) is 30.9 Å². The molecule has 38 heavy (non-hydrogen) atoms. The van der Waals surface area contributed by atoms with Gasteiger partial charge >= 0.3 is 5.97 Å². The van der Waals surface area contributed by atoms with E-state index in [-0.39, 0.29) is 34.9 Å². The van der Waals surface area contributed by atoms with Crippen LogP contribution in [0, 0.1) is 22.7 Å². The predicted molar refractivity (Wildman–Crippen MR) is 138 cm³/mol. The largest absolute Gasteiger partial charge is 0.504 e. The van der Waals surface area contributed by atoms with Crippen LogP contribution in [-0.4, -0.2) is 73.9 Å². The first-order valence-electron chi connectivity index (χ1n) is 13.7. The number of amides is 1. The van der Waals surface area contributed by atoms with E-state index in [1.54, 1.807) is 0 Å². The molecule has 1 aliphatic heterocycles. The second-order valence-corrected chi connectivity index (χ2v) is 12.3. The van der Waals surface area contributed by atoms with Gasteiger partial charge in [0.25, 0.3) is 0 Å². The van der Waals surface area contributed by atoms with Crippen LogP contribution in [0.5, 0.6) is 11.5 Å². The Morgan fingerprint density at radius 1 is 1.11 bits per heavy atom. The van der Waals surface area contributed by atoms with E-state index in [2.05, 4.69) is 20.8 Å². The minimum absolute atomic E-state index is 0.0839. The number of nitrogens with zero attached hydrogens (tertiary/aromatic N) is 1. The number of rotatable bonds is 9. The maximum Gasteiger partial charge on any atom is 0.329 e. The molecule has 1 aromatic rings. The maximum absolute atomic E-state index is 13.5. The van der Waals surface area contributed by atoms with Crippen LogP contribution in [0.4, 0.5) is 0 Å². The van der Waals surface area contributed by atoms with Gasteiger partial charge in [-0.2, -0.15) is 0 Å². The molecule has 3 aliphatic rings. The molecule has 0 aromatic heterocycles. The lowest BCUT2D eigenvalue weighted by Gasteiger charge is -2.39. The molecule has 0 spiro atoms. The molecule has 4 N–H and O–H groups in total. The summed E-state index contributed by atoms with van der Waals surface area (Å²) in [4.78, 5) is 41.0. The Morgan fingerprint density at radius 2 is 1.82 bits per heavy atom. The Balaban J connectivity index is 1.40. The number of phenolic OH excluding ortho intramolecular Hbond substituents is 2. The lowest BCUT2D eigenvalue weighted by Crippen LogP contribution is -2.49. The highest BCUT2D eigenvalue weighted by molar-refractivity contribution is 5.92. The molecule has 1 heterocycles. The monoisotopic (exact) mass is 531 g/mol. The van der Waals surface area contributed by atoms with E-state index in [9.17, 15) is 34.8 Å². The van der Waals surface area contributed by atoms with Crippen molar-refractivity contribution in [1.82, 2.24) is 4.90 Å². The smallest absolute Gasteiger partial charge is 0.329 e. The summed E-state index contributed by atoms with van der Waals surface area (Å²) in [5.74, 6) is -2.84. The number of hydrogen-bond acceptors (Lipinski definition) is 8. The maximum atomic E-state index is 13.5. The summed E-state index contributed by atoms with van der Waals surface area (Å²) in [6.45, 7) is 8.43. The molecule has 1 saturated heterocycles. The number of carbonyl (C=O) groups is 3. The molecule has 210 valence electrons. The van der Waals surface area contributed by atoms with Crippen LogP contribution in [0.2, 0.25) is 0 Å². The van der Waals surface area contributed by atoms with Gasteiger partial charge in [-0.1, -0.05) is 26.8 Å². The van der Waals surface area contributed by atoms with Gasteiger partial charge in [0.2, 0.25) is 5.91 Å². The first-order valence-corrected chi connectivity index (χ1v) is 13.7. The van der Waals surface area contributed by atoms with Crippen molar-refractivity contribution in [1.29, 1.82) is 0 Å². The van der Waals surface area contributed by atoms with Gasteiger partial charge in [-0.05, 0) is 68.1 Å². The zero-order valence-corrected chi connectivity index (χ0v) is 22.7. The van der Waals surface area contributed by atoms with Crippen molar-refractivity contribution in [3.8, 4) is 11.5 Å². The fourth-order valence-corrected chi connectivity index (χ4v) is 6.87. The van der Waals surface area contributed by atoms with Gasteiger partial charge in [0.05, 0.1) is 12.0 Å². The first-order chi connectivity index (χ1) is 17.8. The summed E-state index contributed by atoms with van der Waals surface area (Å²) < 4.78 is 6.05. The molecule has 3 fully saturated rings. The Morgan fingerprint density at radius 3 is 2.39 bits per heavy atom. The summed E-state index contributed by atoms with van der Waals surface area (Å²) >= 11 is 0. The summed E-state index contributed by atoms with van der Waals surface area (Å²) in [5, 5.41) is 40.0. The number of benzene rings is 1. The van der Waals surface area contributed by atoms with E-state index in [1.165, 1.54) is 30.0 Å². The van der Waals surface area contributed by atoms with E-state index in [1.807, 2.05) is 0 Å². The minimum atomic E-state index is -1.46. The van der Waals surface area contributed by atoms with Crippen molar-refractivity contribution >= 4 is 17.7 Å². The zero-order chi connectivity index (χ0) is 28.0. The second kappa shape index (κ2) is 10.5. The quantitative estimate of drug-likeness (QED) is 0.281. The fraction of sp³-hybridized carbons (Fsp3) is 0.690. The standard InChI is InChI=1S/C29H41NO8/c1-16(31)19(15-24(35)23(34)13-17-7-8-21(32)22(33)12-17)26(36)30-11-5-6-20(30)27(37)38-25-14-18-9-10-29(25,4)28(18,2)3/h7-8,12,16,18-20,23,25,31-34H,5-6,9-11,13-15H2,1-4H3/t16-,18?,19+,20+,23-,25?,29?/m1/s1. The highest BCUT2D eigenvalue weighted by Crippen LogP contribution is 2.66. The van der Waals surface area contributed by atoms with Crippen LogP contribution >= 0.6 is 0 Å². The van der Waals surface area contributed by atoms with Gasteiger partial charge in [-0.15, -0.1) is 0 Å². The van der Waals surface area contributed by atoms with E-state index in [4.69, 9.17) is 4.74 Å². The van der Waals surface area contributed by atoms with Crippen molar-refractivity contribution in [3.63, 3.8) is 0 Å². The van der Waals surface area contributed by atoms with Crippen LogP contribution in [0.25, 0.3) is 0 Å². The van der Waals surface area contributed by atoms with Crippen molar-refractivity contribution < 1.29 is 39.5 Å². The number of ketones is 1. The third-order valence-electron chi connectivity index (χ3n) is 9.94. The SMILES string of the molecule is C[C@@H](O)[C@H](CC(=O)[C@H](O)Cc1ccc(O)c(O)c1)C(=O)N1CCC[C@H]1C(=O)OC1CC2CCC1(C)C2(C)C. The third kappa shape index (κ3) is 5.02. The summed E-state index contributed by atoms with van der Waals surface area (Å²) in [6.07, 6.45) is 0.725. The van der Waals surface area contributed by atoms with Crippen molar-refractivity contribution in [2.45, 2.75) is 97.0 Å². The van der Waals surface area contributed by atoms with Crippen LogP contribution in [0.1, 0.15) is 71.8 Å². The molecule has 2 bridgehead atoms. The van der Waals surface area contributed by atoms with E-state index in [0.717, 1.165) is 19.3 Å². The minimum Gasteiger partial charge on any atom is -0.504 e. The van der Waals surface area contributed by atoms with Crippen LogP contribution in [0.3, 0.4) is 0 Å². The lowest BCUT2D eigenvalue weighted by molar-refractivity contribution is -0.166. The van der Waals surface area contributed by atoms with Gasteiger partial charge in [-0.3, -0.25) is 9.59 Å². The fourth-order valence-electron chi connectivity index (χ4n) is 6.87. The molecule has 3 unspecified atom stereocenters. The Labute approximate surface area is 223 Å². The molecule has 7 atom stereocenters. The first kappa shape index (κ1) is 28.4. The highest BCUT2D eigenvalue weighted by Gasteiger charge is 2.63. The second-order valence-electron chi connectivity index (χ2n) is 12.3. The molecular weight excluding hydrogens is 490 g/mol. The number of Topliss-reactive ketones (excluding diaryl/α,β-unsaturated/α-hetero) is 1. The molecule has 1 aromatic carbocycles. The Kier molecular flexibility index (Phi) is 7.83. The van der Waals surface area contributed by atoms with Gasteiger partial charge in [-0.25, -0.2) is 4.79 Å². The predicted octanol–water partition coefficient (Wildman–Crippen LogP) is 2.71. The van der Waals surface area contributed by atoms with Crippen molar-refractivity contribution in [2.24, 2.45) is 22.7 Å². The number of aliphatic hydroxyl groups is 2. The topological polar surface area (TPSA) is 145 Å². The molecule has 2 aliphatic carbocycles. The van der Waals surface area contributed by atoms with Crippen LogP contribution in [0.15, 0.2) is 18.2 Å². The average Bonchev–Trinajstić information content (AvgIpc) is 3.47. The summed E-state index contributed by atoms with van der Waals surface area (Å²) in [7, 11) is 0. The normalized spacial score (nSPS) is 30.2. The number of fused-ring (bicyclic) bond motifs is 2. The molecule has 4 rings (SSSR count). The number of likely N-dealkylation sites (tertiary alicyclic amines) is 1. The van der Waals surface area contributed by atoms with E-state index < -0.39 is 48.2 Å². The summed E-state index contributed by atoms with van der Waals surface area (Å²) in [6, 6.07) is 3.23. The molecule has 2 saturated carbocycles. The van der Waals surface area contributed by atoms with Crippen molar-refractivity contribution in [2.75, 3.05) is 6.54 Å². The Hall–Kier alpha value is -2.65. The van der Waals surface area contributed by atoms with Crippen LogP contribution in [-0.2, 0) is 25.5 Å².